The molecule has 0 saturated carbocycles. The summed E-state index contributed by atoms with van der Waals surface area (Å²) in [5.41, 5.74) is 6.20. The molecular weight excluding hydrogens is 374 g/mol. The monoisotopic (exact) mass is 399 g/mol. The van der Waals surface area contributed by atoms with Crippen molar-refractivity contribution in [3.63, 3.8) is 0 Å². The van der Waals surface area contributed by atoms with E-state index in [2.05, 4.69) is 53.8 Å². The van der Waals surface area contributed by atoms with Crippen molar-refractivity contribution in [1.29, 1.82) is 0 Å². The van der Waals surface area contributed by atoms with Gasteiger partial charge in [0.2, 0.25) is 0 Å². The standard InChI is InChI=1S/C26H25NO3/c1-29-23-13-7-12-21(25(23)30-2)26(28)27-15-16-14-22-17-8-3-5-10-19(17)24(16)20-11-6-4-9-18(20)22/h3-13,16,22,24H,14-15H2,1-2H3,(H,27,28). The van der Waals surface area contributed by atoms with Crippen LogP contribution in [0, 0.1) is 5.92 Å². The zero-order valence-corrected chi connectivity index (χ0v) is 17.2. The molecule has 4 heteroatoms. The first-order valence-corrected chi connectivity index (χ1v) is 10.4. The number of ether oxygens (including phenoxy) is 2. The first-order chi connectivity index (χ1) is 14.7. The van der Waals surface area contributed by atoms with Crippen LogP contribution in [0.15, 0.2) is 66.7 Å². The van der Waals surface area contributed by atoms with Crippen molar-refractivity contribution in [3.05, 3.63) is 94.5 Å². The Morgan fingerprint density at radius 1 is 0.867 bits per heavy atom. The van der Waals surface area contributed by atoms with Crippen molar-refractivity contribution in [2.24, 2.45) is 5.92 Å². The summed E-state index contributed by atoms with van der Waals surface area (Å²) in [5.74, 6) is 1.97. The van der Waals surface area contributed by atoms with Crippen LogP contribution < -0.4 is 14.8 Å². The number of hydrogen-bond acceptors (Lipinski definition) is 3. The maximum atomic E-state index is 13.0. The molecule has 152 valence electrons. The minimum atomic E-state index is -0.131. The van der Waals surface area contributed by atoms with Gasteiger partial charge in [0, 0.05) is 18.4 Å². The average molecular weight is 399 g/mol. The molecule has 0 spiro atoms. The molecule has 1 unspecified atom stereocenters. The predicted molar refractivity (Wildman–Crippen MR) is 117 cm³/mol. The summed E-state index contributed by atoms with van der Waals surface area (Å²) < 4.78 is 10.8. The van der Waals surface area contributed by atoms with Crippen LogP contribution in [0.5, 0.6) is 11.5 Å². The van der Waals surface area contributed by atoms with Crippen LogP contribution in [0.25, 0.3) is 0 Å². The first kappa shape index (κ1) is 18.7. The fraction of sp³-hybridized carbons (Fsp3) is 0.269. The minimum Gasteiger partial charge on any atom is -0.493 e. The molecule has 1 N–H and O–H groups in total. The Morgan fingerprint density at radius 2 is 1.50 bits per heavy atom. The van der Waals surface area contributed by atoms with E-state index in [1.165, 1.54) is 22.3 Å². The van der Waals surface area contributed by atoms with Crippen LogP contribution in [0.3, 0.4) is 0 Å². The van der Waals surface area contributed by atoms with Gasteiger partial charge in [0.25, 0.3) is 5.91 Å². The van der Waals surface area contributed by atoms with Gasteiger partial charge in [-0.1, -0.05) is 54.6 Å². The van der Waals surface area contributed by atoms with Crippen molar-refractivity contribution < 1.29 is 14.3 Å². The van der Waals surface area contributed by atoms with Gasteiger partial charge in [-0.2, -0.15) is 0 Å². The lowest BCUT2D eigenvalue weighted by atomic mass is 9.59. The maximum Gasteiger partial charge on any atom is 0.255 e. The Bertz CT molecular complexity index is 1060. The Labute approximate surface area is 176 Å². The summed E-state index contributed by atoms with van der Waals surface area (Å²) in [4.78, 5) is 13.0. The van der Waals surface area contributed by atoms with Gasteiger partial charge in [-0.3, -0.25) is 4.79 Å². The second kappa shape index (κ2) is 7.52. The fourth-order valence-electron chi connectivity index (χ4n) is 5.34. The van der Waals surface area contributed by atoms with Gasteiger partial charge >= 0.3 is 0 Å². The highest BCUT2D eigenvalue weighted by atomic mass is 16.5. The molecule has 30 heavy (non-hydrogen) atoms. The van der Waals surface area contributed by atoms with E-state index in [0.29, 0.717) is 41.4 Å². The maximum absolute atomic E-state index is 13.0. The molecule has 3 aliphatic rings. The van der Waals surface area contributed by atoms with Crippen LogP contribution in [-0.4, -0.2) is 26.7 Å². The van der Waals surface area contributed by atoms with Crippen molar-refractivity contribution in [3.8, 4) is 11.5 Å². The largest absolute Gasteiger partial charge is 0.493 e. The molecule has 1 amide bonds. The smallest absolute Gasteiger partial charge is 0.255 e. The van der Waals surface area contributed by atoms with E-state index < -0.39 is 0 Å². The lowest BCUT2D eigenvalue weighted by Gasteiger charge is -2.45. The Hall–Kier alpha value is -3.27. The molecule has 1 atom stereocenters. The summed E-state index contributed by atoms with van der Waals surface area (Å²) in [6.07, 6.45) is 1.05. The van der Waals surface area contributed by atoms with E-state index in [0.717, 1.165) is 6.42 Å². The van der Waals surface area contributed by atoms with Crippen LogP contribution in [0.2, 0.25) is 0 Å². The molecule has 4 nitrogen and oxygen atoms in total. The van der Waals surface area contributed by atoms with E-state index in [-0.39, 0.29) is 5.91 Å². The lowest BCUT2D eigenvalue weighted by Crippen LogP contribution is -2.39. The fourth-order valence-corrected chi connectivity index (χ4v) is 5.34. The van der Waals surface area contributed by atoms with Gasteiger partial charge in [0.15, 0.2) is 11.5 Å². The van der Waals surface area contributed by atoms with Crippen LogP contribution in [0.4, 0.5) is 0 Å². The second-order valence-electron chi connectivity index (χ2n) is 8.03. The minimum absolute atomic E-state index is 0.131. The summed E-state index contributed by atoms with van der Waals surface area (Å²) in [7, 11) is 3.13. The van der Waals surface area contributed by atoms with Crippen molar-refractivity contribution in [2.75, 3.05) is 20.8 Å². The predicted octanol–water partition coefficient (Wildman–Crippen LogP) is 4.73. The van der Waals surface area contributed by atoms with Gasteiger partial charge < -0.3 is 14.8 Å². The third-order valence-corrected chi connectivity index (χ3v) is 6.60. The zero-order valence-electron chi connectivity index (χ0n) is 17.2. The van der Waals surface area contributed by atoms with Crippen LogP contribution in [-0.2, 0) is 0 Å². The number of para-hydroxylation sites is 1. The molecule has 0 heterocycles. The molecule has 0 saturated heterocycles. The summed E-state index contributed by atoms with van der Waals surface area (Å²) in [5, 5.41) is 3.17. The number of carbonyl (C=O) groups is 1. The number of nitrogens with one attached hydrogen (secondary N) is 1. The van der Waals surface area contributed by atoms with E-state index in [9.17, 15) is 4.79 Å². The van der Waals surface area contributed by atoms with E-state index >= 15 is 0 Å². The SMILES string of the molecule is COc1cccc(C(=O)NCC2CC3c4ccccc4C2c2ccccc23)c1OC. The number of hydrogen-bond donors (Lipinski definition) is 1. The van der Waals surface area contributed by atoms with Gasteiger partial charge in [0.1, 0.15) is 0 Å². The van der Waals surface area contributed by atoms with Gasteiger partial charge in [-0.25, -0.2) is 0 Å². The van der Waals surface area contributed by atoms with Gasteiger partial charge in [-0.15, -0.1) is 0 Å². The van der Waals surface area contributed by atoms with Gasteiger partial charge in [-0.05, 0) is 46.7 Å². The number of rotatable bonds is 5. The van der Waals surface area contributed by atoms with Crippen molar-refractivity contribution in [2.45, 2.75) is 18.3 Å². The lowest BCUT2D eigenvalue weighted by molar-refractivity contribution is 0.0939. The summed E-state index contributed by atoms with van der Waals surface area (Å²) >= 11 is 0. The number of fused-ring (bicyclic) bond motifs is 1. The Kier molecular flexibility index (Phi) is 4.70. The average Bonchev–Trinajstić information content (AvgIpc) is 2.82. The normalized spacial score (nSPS) is 20.8. The molecule has 0 fully saturated rings. The quantitative estimate of drug-likeness (QED) is 0.675. The number of benzene rings is 3. The highest BCUT2D eigenvalue weighted by Crippen LogP contribution is 2.55. The first-order valence-electron chi connectivity index (χ1n) is 10.4. The third-order valence-electron chi connectivity index (χ3n) is 6.60. The molecule has 0 radical (unpaired) electrons. The molecule has 3 aromatic rings. The highest BCUT2D eigenvalue weighted by molar-refractivity contribution is 5.97. The summed E-state index contributed by atoms with van der Waals surface area (Å²) in [6.45, 7) is 0.628. The zero-order chi connectivity index (χ0) is 20.7. The Morgan fingerprint density at radius 3 is 2.10 bits per heavy atom. The topological polar surface area (TPSA) is 47.6 Å². The highest BCUT2D eigenvalue weighted by Gasteiger charge is 2.42. The van der Waals surface area contributed by atoms with E-state index in [1.807, 2.05) is 6.07 Å². The molecule has 2 bridgehead atoms. The van der Waals surface area contributed by atoms with Crippen LogP contribution in [0.1, 0.15) is 50.9 Å². The van der Waals surface area contributed by atoms with Crippen LogP contribution >= 0.6 is 0 Å². The van der Waals surface area contributed by atoms with Crippen molar-refractivity contribution in [1.82, 2.24) is 5.32 Å². The molecule has 0 aromatic heterocycles. The van der Waals surface area contributed by atoms with E-state index in [1.54, 1.807) is 26.4 Å². The van der Waals surface area contributed by atoms with Crippen molar-refractivity contribution >= 4 is 5.91 Å². The second-order valence-corrected chi connectivity index (χ2v) is 8.03. The summed E-state index contributed by atoms with van der Waals surface area (Å²) in [6, 6.07) is 22.9. The third kappa shape index (κ3) is 2.86. The molecular formula is C26H25NO3. The number of methoxy groups -OCH3 is 2. The van der Waals surface area contributed by atoms with E-state index in [4.69, 9.17) is 9.47 Å². The molecule has 0 aliphatic heterocycles. The molecule has 6 rings (SSSR count). The number of carbonyl (C=O) groups excluding carboxylic acids is 1. The molecule has 3 aliphatic carbocycles. The van der Waals surface area contributed by atoms with Gasteiger partial charge in [0.05, 0.1) is 19.8 Å². The molecule has 3 aromatic carbocycles. The Balaban J connectivity index is 1.42. The number of amides is 1.